The van der Waals surface area contributed by atoms with E-state index in [0.29, 0.717) is 17.6 Å². The lowest BCUT2D eigenvalue weighted by atomic mass is 9.79. The molecule has 0 aromatic carbocycles. The number of rotatable bonds is 2. The number of carbonyl (C=O) groups excluding carboxylic acids is 1. The van der Waals surface area contributed by atoms with E-state index in [1.807, 2.05) is 0 Å². The molecule has 0 amide bonds. The summed E-state index contributed by atoms with van der Waals surface area (Å²) in [5.41, 5.74) is 0.499. The van der Waals surface area contributed by atoms with E-state index in [1.54, 1.807) is 0 Å². The Balaban J connectivity index is 2.08. The minimum Gasteiger partial charge on any atom is -0.299 e. The smallest absolute Gasteiger partial charge is 0.140 e. The van der Waals surface area contributed by atoms with Crippen LogP contribution < -0.4 is 0 Å². The number of ketones is 1. The molecule has 0 radical (unpaired) electrons. The Morgan fingerprint density at radius 1 is 1.08 bits per heavy atom. The van der Waals surface area contributed by atoms with Gasteiger partial charge in [0.2, 0.25) is 0 Å². The third kappa shape index (κ3) is 1.02. The topological polar surface area (TPSA) is 17.1 Å². The molecule has 2 rings (SSSR count). The standard InChI is InChI=1S/C12H20O/c1-11(2)10(12(11,3)4)9(13)8-6-5-7-8/h8,10H,5-7H2,1-4H3. The second kappa shape index (κ2) is 2.37. The molecule has 0 spiro atoms. The lowest BCUT2D eigenvalue weighted by Crippen LogP contribution is -2.25. The van der Waals surface area contributed by atoms with Crippen LogP contribution in [0.4, 0.5) is 0 Å². The summed E-state index contributed by atoms with van der Waals surface area (Å²) in [6.07, 6.45) is 3.58. The van der Waals surface area contributed by atoms with Crippen LogP contribution in [0.3, 0.4) is 0 Å². The van der Waals surface area contributed by atoms with E-state index in [2.05, 4.69) is 27.7 Å². The molecule has 2 saturated carbocycles. The Hall–Kier alpha value is -0.330. The van der Waals surface area contributed by atoms with E-state index in [1.165, 1.54) is 6.42 Å². The van der Waals surface area contributed by atoms with Crippen molar-refractivity contribution in [3.63, 3.8) is 0 Å². The lowest BCUT2D eigenvalue weighted by molar-refractivity contribution is -0.127. The molecule has 74 valence electrons. The van der Waals surface area contributed by atoms with Crippen LogP contribution in [0.5, 0.6) is 0 Å². The number of hydrogen-bond donors (Lipinski definition) is 0. The fraction of sp³-hybridized carbons (Fsp3) is 0.917. The molecule has 0 heterocycles. The van der Waals surface area contributed by atoms with E-state index in [0.717, 1.165) is 12.8 Å². The molecule has 2 aliphatic rings. The third-order valence-electron chi connectivity index (χ3n) is 4.81. The zero-order valence-electron chi connectivity index (χ0n) is 9.18. The first kappa shape index (κ1) is 9.23. The second-order valence-corrected chi connectivity index (χ2v) is 5.91. The summed E-state index contributed by atoms with van der Waals surface area (Å²) in [6, 6.07) is 0. The van der Waals surface area contributed by atoms with Crippen molar-refractivity contribution in [3.05, 3.63) is 0 Å². The highest BCUT2D eigenvalue weighted by Crippen LogP contribution is 2.69. The van der Waals surface area contributed by atoms with Crippen molar-refractivity contribution in [1.29, 1.82) is 0 Å². The molecule has 1 heteroatoms. The van der Waals surface area contributed by atoms with Crippen molar-refractivity contribution in [2.75, 3.05) is 0 Å². The maximum absolute atomic E-state index is 12.0. The Morgan fingerprint density at radius 3 is 1.77 bits per heavy atom. The Morgan fingerprint density at radius 2 is 1.54 bits per heavy atom. The van der Waals surface area contributed by atoms with Crippen LogP contribution >= 0.6 is 0 Å². The van der Waals surface area contributed by atoms with Gasteiger partial charge in [-0.25, -0.2) is 0 Å². The van der Waals surface area contributed by atoms with Crippen molar-refractivity contribution < 1.29 is 4.79 Å². The van der Waals surface area contributed by atoms with Crippen LogP contribution in [0.15, 0.2) is 0 Å². The molecule has 1 nitrogen and oxygen atoms in total. The molecule has 0 aromatic heterocycles. The van der Waals surface area contributed by atoms with Crippen molar-refractivity contribution in [2.45, 2.75) is 47.0 Å². The fourth-order valence-corrected chi connectivity index (χ4v) is 2.84. The predicted molar refractivity (Wildman–Crippen MR) is 53.4 cm³/mol. The molecule has 13 heavy (non-hydrogen) atoms. The average molecular weight is 180 g/mol. The van der Waals surface area contributed by atoms with Crippen LogP contribution in [0.2, 0.25) is 0 Å². The first-order chi connectivity index (χ1) is 5.89. The Bertz CT molecular complexity index is 232. The van der Waals surface area contributed by atoms with Gasteiger partial charge < -0.3 is 0 Å². The second-order valence-electron chi connectivity index (χ2n) is 5.91. The van der Waals surface area contributed by atoms with Crippen LogP contribution in [-0.2, 0) is 4.79 Å². The highest BCUT2D eigenvalue weighted by Gasteiger charge is 2.68. The summed E-state index contributed by atoms with van der Waals surface area (Å²) in [7, 11) is 0. The SMILES string of the molecule is CC1(C)C(C(=O)C2CCC2)C1(C)C. The van der Waals surface area contributed by atoms with Gasteiger partial charge in [-0.3, -0.25) is 4.79 Å². The lowest BCUT2D eigenvalue weighted by Gasteiger charge is -2.24. The maximum atomic E-state index is 12.0. The van der Waals surface area contributed by atoms with Gasteiger partial charge in [-0.05, 0) is 23.7 Å². The molecule has 0 bridgehead atoms. The maximum Gasteiger partial charge on any atom is 0.140 e. The number of carbonyl (C=O) groups is 1. The Labute approximate surface area is 80.9 Å². The van der Waals surface area contributed by atoms with E-state index in [-0.39, 0.29) is 10.8 Å². The van der Waals surface area contributed by atoms with E-state index >= 15 is 0 Å². The van der Waals surface area contributed by atoms with Gasteiger partial charge in [0, 0.05) is 11.8 Å². The van der Waals surface area contributed by atoms with Gasteiger partial charge in [0.25, 0.3) is 0 Å². The van der Waals surface area contributed by atoms with Crippen LogP contribution in [0, 0.1) is 22.7 Å². The minimum atomic E-state index is 0.250. The molecule has 2 fully saturated rings. The van der Waals surface area contributed by atoms with E-state index < -0.39 is 0 Å². The zero-order valence-corrected chi connectivity index (χ0v) is 9.18. The molecular formula is C12H20O. The van der Waals surface area contributed by atoms with Crippen molar-refractivity contribution in [1.82, 2.24) is 0 Å². The summed E-state index contributed by atoms with van der Waals surface area (Å²) in [5, 5.41) is 0. The predicted octanol–water partition coefficient (Wildman–Crippen LogP) is 3.04. The van der Waals surface area contributed by atoms with Gasteiger partial charge in [0.05, 0.1) is 0 Å². The fourth-order valence-electron chi connectivity index (χ4n) is 2.84. The molecule has 0 aromatic rings. The van der Waals surface area contributed by atoms with Crippen LogP contribution in [0.1, 0.15) is 47.0 Å². The highest BCUT2D eigenvalue weighted by atomic mass is 16.1. The Kier molecular flexibility index (Phi) is 1.68. The van der Waals surface area contributed by atoms with Crippen molar-refractivity contribution in [3.8, 4) is 0 Å². The average Bonchev–Trinajstić information content (AvgIpc) is 2.18. The van der Waals surface area contributed by atoms with Gasteiger partial charge >= 0.3 is 0 Å². The zero-order chi connectivity index (χ0) is 9.85. The normalized spacial score (nSPS) is 31.1. The number of Topliss-reactive ketones (excluding diaryl/α,β-unsaturated/α-hetero) is 1. The third-order valence-corrected chi connectivity index (χ3v) is 4.81. The van der Waals surface area contributed by atoms with Gasteiger partial charge in [0.15, 0.2) is 0 Å². The largest absolute Gasteiger partial charge is 0.299 e. The monoisotopic (exact) mass is 180 g/mol. The molecular weight excluding hydrogens is 160 g/mol. The molecule has 0 N–H and O–H groups in total. The van der Waals surface area contributed by atoms with Crippen LogP contribution in [-0.4, -0.2) is 5.78 Å². The summed E-state index contributed by atoms with van der Waals surface area (Å²) < 4.78 is 0. The highest BCUT2D eigenvalue weighted by molar-refractivity contribution is 5.88. The van der Waals surface area contributed by atoms with Crippen molar-refractivity contribution >= 4 is 5.78 Å². The first-order valence-corrected chi connectivity index (χ1v) is 5.43. The molecule has 2 aliphatic carbocycles. The first-order valence-electron chi connectivity index (χ1n) is 5.43. The summed E-state index contributed by atoms with van der Waals surface area (Å²) in [5.74, 6) is 1.32. The quantitative estimate of drug-likeness (QED) is 0.638. The summed E-state index contributed by atoms with van der Waals surface area (Å²) >= 11 is 0. The summed E-state index contributed by atoms with van der Waals surface area (Å²) in [6.45, 7) is 8.92. The van der Waals surface area contributed by atoms with E-state index in [4.69, 9.17) is 0 Å². The van der Waals surface area contributed by atoms with Crippen molar-refractivity contribution in [2.24, 2.45) is 22.7 Å². The van der Waals surface area contributed by atoms with E-state index in [9.17, 15) is 4.79 Å². The molecule has 0 atom stereocenters. The van der Waals surface area contributed by atoms with Gasteiger partial charge in [-0.15, -0.1) is 0 Å². The number of hydrogen-bond acceptors (Lipinski definition) is 1. The molecule has 0 unspecified atom stereocenters. The molecule has 0 saturated heterocycles. The summed E-state index contributed by atoms with van der Waals surface area (Å²) in [4.78, 5) is 12.0. The molecule has 0 aliphatic heterocycles. The van der Waals surface area contributed by atoms with Gasteiger partial charge in [-0.1, -0.05) is 34.1 Å². The van der Waals surface area contributed by atoms with Gasteiger partial charge in [-0.2, -0.15) is 0 Å². The van der Waals surface area contributed by atoms with Crippen LogP contribution in [0.25, 0.3) is 0 Å². The van der Waals surface area contributed by atoms with Gasteiger partial charge in [0.1, 0.15) is 5.78 Å². The minimum absolute atomic E-state index is 0.250.